The number of nitrogens with zero attached hydrogens (tertiary/aromatic N) is 1. The molecule has 0 bridgehead atoms. The van der Waals surface area contributed by atoms with Crippen molar-refractivity contribution in [2.75, 3.05) is 4.90 Å². The van der Waals surface area contributed by atoms with Crippen LogP contribution in [0.2, 0.25) is 0 Å². The monoisotopic (exact) mass is 490 g/mol. The molecule has 1 heterocycles. The summed E-state index contributed by atoms with van der Waals surface area (Å²) in [5.41, 5.74) is 4.63. The van der Waals surface area contributed by atoms with Gasteiger partial charge in [-0.3, -0.25) is 19.8 Å². The molecule has 36 heavy (non-hydrogen) atoms. The predicted molar refractivity (Wildman–Crippen MR) is 146 cm³/mol. The minimum atomic E-state index is -0.520. The molecule has 1 fully saturated rings. The number of amides is 2. The van der Waals surface area contributed by atoms with Crippen LogP contribution in [-0.2, 0) is 9.59 Å². The summed E-state index contributed by atoms with van der Waals surface area (Å²) in [6.45, 7) is 2.05. The fraction of sp³-hybridized carbons (Fsp3) is 0.0333. The molecule has 0 saturated carbocycles. The first-order valence-electron chi connectivity index (χ1n) is 11.4. The molecule has 176 valence electrons. The van der Waals surface area contributed by atoms with Crippen molar-refractivity contribution >= 4 is 40.9 Å². The van der Waals surface area contributed by atoms with Gasteiger partial charge in [0.05, 0.1) is 5.69 Å². The number of benzene rings is 4. The van der Waals surface area contributed by atoms with Gasteiger partial charge in [-0.05, 0) is 78.3 Å². The third kappa shape index (κ3) is 4.94. The number of carbonyl (C=O) groups is 2. The molecule has 5 nitrogen and oxygen atoms in total. The lowest BCUT2D eigenvalue weighted by Gasteiger charge is -2.29. The normalized spacial score (nSPS) is 14.6. The zero-order valence-corrected chi connectivity index (χ0v) is 20.3. The topological polar surface area (TPSA) is 58.6 Å². The Hall–Kier alpha value is -4.55. The second-order valence-electron chi connectivity index (χ2n) is 8.36. The third-order valence-corrected chi connectivity index (χ3v) is 6.03. The molecule has 0 radical (unpaired) electrons. The van der Waals surface area contributed by atoms with Crippen LogP contribution in [0, 0.1) is 6.92 Å². The van der Waals surface area contributed by atoms with Gasteiger partial charge in [0.15, 0.2) is 5.11 Å². The Morgan fingerprint density at radius 1 is 0.778 bits per heavy atom. The SMILES string of the molecule is Cc1cccc(-c2ccc(C=C3C(=O)NC(=S)N(c4ccc(Oc5ccccc5)cc4)C3=O)cc2)c1. The van der Waals surface area contributed by atoms with E-state index in [-0.39, 0.29) is 10.7 Å². The molecule has 0 spiro atoms. The first-order valence-corrected chi connectivity index (χ1v) is 11.8. The molecule has 0 aromatic heterocycles. The van der Waals surface area contributed by atoms with E-state index in [1.807, 2.05) is 66.7 Å². The number of aryl methyl sites for hydroxylation is 1. The van der Waals surface area contributed by atoms with Crippen molar-refractivity contribution in [1.29, 1.82) is 0 Å². The van der Waals surface area contributed by atoms with Crippen LogP contribution >= 0.6 is 12.2 Å². The van der Waals surface area contributed by atoms with Gasteiger partial charge in [0.1, 0.15) is 17.1 Å². The molecular weight excluding hydrogens is 468 g/mol. The van der Waals surface area contributed by atoms with Crippen LogP contribution in [0.1, 0.15) is 11.1 Å². The Kier molecular flexibility index (Phi) is 6.43. The van der Waals surface area contributed by atoms with Crippen LogP contribution in [0.4, 0.5) is 5.69 Å². The van der Waals surface area contributed by atoms with Gasteiger partial charge in [-0.15, -0.1) is 0 Å². The Balaban J connectivity index is 1.37. The molecule has 1 aliphatic rings. The number of carbonyl (C=O) groups excluding carboxylic acids is 2. The van der Waals surface area contributed by atoms with E-state index >= 15 is 0 Å². The van der Waals surface area contributed by atoms with Gasteiger partial charge in [-0.1, -0.05) is 72.3 Å². The van der Waals surface area contributed by atoms with Crippen molar-refractivity contribution < 1.29 is 14.3 Å². The summed E-state index contributed by atoms with van der Waals surface area (Å²) >= 11 is 5.32. The summed E-state index contributed by atoms with van der Waals surface area (Å²) in [5.74, 6) is 0.325. The average molecular weight is 491 g/mol. The molecule has 4 aromatic carbocycles. The molecule has 2 amide bonds. The lowest BCUT2D eigenvalue weighted by atomic mass is 10.0. The number of thiocarbonyl (C=S) groups is 1. The van der Waals surface area contributed by atoms with Crippen LogP contribution in [0.25, 0.3) is 17.2 Å². The third-order valence-electron chi connectivity index (χ3n) is 5.75. The lowest BCUT2D eigenvalue weighted by Crippen LogP contribution is -2.54. The summed E-state index contributed by atoms with van der Waals surface area (Å²) in [6.07, 6.45) is 1.58. The quantitative estimate of drug-likeness (QED) is 0.203. The van der Waals surface area contributed by atoms with Crippen molar-refractivity contribution in [2.24, 2.45) is 0 Å². The zero-order chi connectivity index (χ0) is 25.1. The highest BCUT2D eigenvalue weighted by Crippen LogP contribution is 2.27. The zero-order valence-electron chi connectivity index (χ0n) is 19.5. The van der Waals surface area contributed by atoms with Gasteiger partial charge >= 0.3 is 0 Å². The van der Waals surface area contributed by atoms with Crippen molar-refractivity contribution in [3.05, 3.63) is 120 Å². The number of para-hydroxylation sites is 1. The smallest absolute Gasteiger partial charge is 0.270 e. The first-order chi connectivity index (χ1) is 17.5. The standard InChI is InChI=1S/C30H22N2O3S/c1-20-6-5-7-23(18-20)22-12-10-21(11-13-22)19-27-28(33)31-30(36)32(29(27)34)24-14-16-26(17-15-24)35-25-8-3-2-4-9-25/h2-19H,1H3,(H,31,33,36). The number of hydrogen-bond donors (Lipinski definition) is 1. The number of ether oxygens (including phenoxy) is 1. The van der Waals surface area contributed by atoms with Crippen LogP contribution in [0.15, 0.2) is 109 Å². The van der Waals surface area contributed by atoms with E-state index in [1.54, 1.807) is 30.3 Å². The van der Waals surface area contributed by atoms with Gasteiger partial charge in [-0.2, -0.15) is 0 Å². The number of hydrogen-bond acceptors (Lipinski definition) is 4. The maximum Gasteiger partial charge on any atom is 0.270 e. The summed E-state index contributed by atoms with van der Waals surface area (Å²) < 4.78 is 5.82. The summed E-state index contributed by atoms with van der Waals surface area (Å²) in [7, 11) is 0. The molecule has 5 rings (SSSR count). The Bertz CT molecular complexity index is 1480. The predicted octanol–water partition coefficient (Wildman–Crippen LogP) is 6.29. The summed E-state index contributed by atoms with van der Waals surface area (Å²) in [4.78, 5) is 27.3. The molecule has 1 N–H and O–H groups in total. The van der Waals surface area contributed by atoms with Crippen LogP contribution in [-0.4, -0.2) is 16.9 Å². The molecule has 0 aliphatic carbocycles. The molecule has 0 atom stereocenters. The van der Waals surface area contributed by atoms with E-state index in [0.29, 0.717) is 17.2 Å². The molecule has 0 unspecified atom stereocenters. The van der Waals surface area contributed by atoms with Crippen molar-refractivity contribution in [1.82, 2.24) is 5.32 Å². The molecule has 6 heteroatoms. The van der Waals surface area contributed by atoms with E-state index in [4.69, 9.17) is 17.0 Å². The van der Waals surface area contributed by atoms with E-state index in [9.17, 15) is 9.59 Å². The minimum absolute atomic E-state index is 0.0107. The molecular formula is C30H22N2O3S. The minimum Gasteiger partial charge on any atom is -0.457 e. The van der Waals surface area contributed by atoms with Crippen molar-refractivity contribution in [3.8, 4) is 22.6 Å². The first kappa shape index (κ1) is 23.2. The van der Waals surface area contributed by atoms with E-state index in [1.165, 1.54) is 10.5 Å². The number of rotatable bonds is 5. The Morgan fingerprint density at radius 3 is 2.17 bits per heavy atom. The Morgan fingerprint density at radius 2 is 1.47 bits per heavy atom. The maximum absolute atomic E-state index is 13.3. The molecule has 4 aromatic rings. The summed E-state index contributed by atoms with van der Waals surface area (Å²) in [5, 5.41) is 2.66. The van der Waals surface area contributed by atoms with Gasteiger partial charge in [0.25, 0.3) is 11.8 Å². The van der Waals surface area contributed by atoms with Crippen LogP contribution < -0.4 is 15.0 Å². The van der Waals surface area contributed by atoms with Crippen LogP contribution in [0.3, 0.4) is 0 Å². The van der Waals surface area contributed by atoms with Crippen LogP contribution in [0.5, 0.6) is 11.5 Å². The highest BCUT2D eigenvalue weighted by atomic mass is 32.1. The fourth-order valence-corrected chi connectivity index (χ4v) is 4.22. The van der Waals surface area contributed by atoms with Gasteiger partial charge in [0.2, 0.25) is 0 Å². The molecule has 1 saturated heterocycles. The fourth-order valence-electron chi connectivity index (χ4n) is 3.94. The Labute approximate surface area is 214 Å². The summed E-state index contributed by atoms with van der Waals surface area (Å²) in [6, 6.07) is 32.3. The van der Waals surface area contributed by atoms with Crippen molar-refractivity contribution in [3.63, 3.8) is 0 Å². The van der Waals surface area contributed by atoms with Gasteiger partial charge in [-0.25, -0.2) is 0 Å². The average Bonchev–Trinajstić information content (AvgIpc) is 2.88. The maximum atomic E-state index is 13.3. The molecule has 1 aliphatic heterocycles. The lowest BCUT2D eigenvalue weighted by molar-refractivity contribution is -0.122. The number of anilines is 1. The van der Waals surface area contributed by atoms with Crippen molar-refractivity contribution in [2.45, 2.75) is 6.92 Å². The second-order valence-corrected chi connectivity index (χ2v) is 8.75. The second kappa shape index (κ2) is 9.98. The van der Waals surface area contributed by atoms with E-state index < -0.39 is 11.8 Å². The van der Waals surface area contributed by atoms with Gasteiger partial charge < -0.3 is 4.74 Å². The van der Waals surface area contributed by atoms with Gasteiger partial charge in [0, 0.05) is 0 Å². The van der Waals surface area contributed by atoms with E-state index in [2.05, 4.69) is 24.4 Å². The number of nitrogens with one attached hydrogen (secondary N) is 1. The van der Waals surface area contributed by atoms with E-state index in [0.717, 1.165) is 16.7 Å². The highest BCUT2D eigenvalue weighted by Gasteiger charge is 2.34. The largest absolute Gasteiger partial charge is 0.457 e. The highest BCUT2D eigenvalue weighted by molar-refractivity contribution is 7.80.